The number of imidazole rings is 1. The molecule has 4 fully saturated rings. The molecule has 8 nitrogen and oxygen atoms in total. The Morgan fingerprint density at radius 2 is 1.89 bits per heavy atom. The summed E-state index contributed by atoms with van der Waals surface area (Å²) in [5.74, 6) is 2.44. The van der Waals surface area contributed by atoms with Gasteiger partial charge in [-0.15, -0.1) is 0 Å². The smallest absolute Gasteiger partial charge is 0.274 e. The van der Waals surface area contributed by atoms with Gasteiger partial charge < -0.3 is 16.0 Å². The summed E-state index contributed by atoms with van der Waals surface area (Å²) < 4.78 is 1.71. The fourth-order valence-electron chi connectivity index (χ4n) is 7.14. The Morgan fingerprint density at radius 1 is 1.09 bits per heavy atom. The molecule has 4 aliphatic carbocycles. The van der Waals surface area contributed by atoms with E-state index in [1.807, 2.05) is 24.3 Å². The topological polar surface area (TPSA) is 106 Å². The number of hydrogen-bond acceptors (Lipinski definition) is 5. The Labute approximate surface area is 204 Å². The van der Waals surface area contributed by atoms with Crippen molar-refractivity contribution in [1.29, 1.82) is 0 Å². The van der Waals surface area contributed by atoms with Crippen molar-refractivity contribution < 1.29 is 9.59 Å². The molecule has 0 aromatic carbocycles. The number of pyridine rings is 2. The molecule has 35 heavy (non-hydrogen) atoms. The van der Waals surface area contributed by atoms with Crippen LogP contribution in [0, 0.1) is 23.2 Å². The molecule has 3 aromatic rings. The van der Waals surface area contributed by atoms with Gasteiger partial charge in [0.15, 0.2) is 0 Å². The second-order valence-electron chi connectivity index (χ2n) is 11.1. The number of aromatic nitrogens is 3. The first-order chi connectivity index (χ1) is 16.9. The van der Waals surface area contributed by atoms with Gasteiger partial charge in [0, 0.05) is 19.8 Å². The summed E-state index contributed by atoms with van der Waals surface area (Å²) in [6.45, 7) is 1.03. The Morgan fingerprint density at radius 3 is 2.69 bits per heavy atom. The lowest BCUT2D eigenvalue weighted by Crippen LogP contribution is -2.51. The fourth-order valence-corrected chi connectivity index (χ4v) is 7.14. The van der Waals surface area contributed by atoms with Crippen LogP contribution in [0.1, 0.15) is 65.2 Å². The average Bonchev–Trinajstić information content (AvgIpc) is 3.25. The molecule has 0 saturated heterocycles. The maximum Gasteiger partial charge on any atom is 0.274 e. The van der Waals surface area contributed by atoms with Crippen molar-refractivity contribution in [2.45, 2.75) is 45.1 Å². The van der Waals surface area contributed by atoms with Crippen LogP contribution < -0.4 is 11.1 Å². The first kappa shape index (κ1) is 22.1. The minimum absolute atomic E-state index is 0.121. The van der Waals surface area contributed by atoms with Gasteiger partial charge in [-0.3, -0.25) is 14.0 Å². The molecule has 8 heteroatoms. The van der Waals surface area contributed by atoms with Gasteiger partial charge in [-0.25, -0.2) is 9.97 Å². The summed E-state index contributed by atoms with van der Waals surface area (Å²) in [6.07, 6.45) is 9.74. The van der Waals surface area contributed by atoms with E-state index in [-0.39, 0.29) is 17.5 Å². The molecule has 7 rings (SSSR count). The molecule has 2 amide bonds. The average molecular weight is 473 g/mol. The quantitative estimate of drug-likeness (QED) is 0.571. The number of hydrogen-bond donors (Lipinski definition) is 2. The third kappa shape index (κ3) is 4.15. The van der Waals surface area contributed by atoms with E-state index in [4.69, 9.17) is 5.73 Å². The molecule has 0 radical (unpaired) electrons. The Hall–Kier alpha value is -3.42. The number of nitrogens with one attached hydrogen (secondary N) is 1. The van der Waals surface area contributed by atoms with Crippen molar-refractivity contribution >= 4 is 23.3 Å². The van der Waals surface area contributed by atoms with E-state index >= 15 is 0 Å². The third-order valence-corrected chi connectivity index (χ3v) is 8.29. The number of carbonyl (C=O) groups is 2. The number of nitrogens with zero attached hydrogens (tertiary/aromatic N) is 4. The Balaban J connectivity index is 1.14. The molecule has 3 N–H and O–H groups in total. The minimum atomic E-state index is -0.240. The van der Waals surface area contributed by atoms with Gasteiger partial charge in [0.05, 0.1) is 12.2 Å². The van der Waals surface area contributed by atoms with Gasteiger partial charge in [-0.05, 0) is 86.0 Å². The maximum atomic E-state index is 13.1. The largest absolute Gasteiger partial charge is 0.384 e. The molecular weight excluding hydrogens is 440 g/mol. The van der Waals surface area contributed by atoms with Gasteiger partial charge in [0.1, 0.15) is 22.9 Å². The first-order valence-electron chi connectivity index (χ1n) is 12.6. The summed E-state index contributed by atoms with van der Waals surface area (Å²) in [7, 11) is 1.70. The van der Waals surface area contributed by atoms with Crippen LogP contribution in [0.5, 0.6) is 0 Å². The number of amides is 2. The lowest BCUT2D eigenvalue weighted by Gasteiger charge is -2.60. The molecule has 3 heterocycles. The predicted octanol–water partition coefficient (Wildman–Crippen LogP) is 3.53. The summed E-state index contributed by atoms with van der Waals surface area (Å²) in [4.78, 5) is 36.5. The van der Waals surface area contributed by atoms with Gasteiger partial charge in [0.25, 0.3) is 11.8 Å². The van der Waals surface area contributed by atoms with Crippen molar-refractivity contribution in [2.75, 3.05) is 19.3 Å². The zero-order valence-corrected chi connectivity index (χ0v) is 20.1. The highest BCUT2D eigenvalue weighted by Gasteiger charge is 2.53. The van der Waals surface area contributed by atoms with E-state index in [1.165, 1.54) is 38.5 Å². The number of fused-ring (bicyclic) bond motifs is 1. The van der Waals surface area contributed by atoms with Crippen LogP contribution in [-0.2, 0) is 6.54 Å². The van der Waals surface area contributed by atoms with E-state index < -0.39 is 0 Å². The number of nitrogen functional groups attached to an aromatic ring is 1. The second kappa shape index (κ2) is 8.36. The lowest BCUT2D eigenvalue weighted by atomic mass is 9.45. The molecule has 3 bridgehead atoms. The highest BCUT2D eigenvalue weighted by Crippen LogP contribution is 2.64. The number of anilines is 1. The van der Waals surface area contributed by atoms with E-state index in [2.05, 4.69) is 15.3 Å². The molecular formula is C27H32N6O2. The highest BCUT2D eigenvalue weighted by atomic mass is 16.2. The zero-order valence-electron chi connectivity index (χ0n) is 20.1. The van der Waals surface area contributed by atoms with Gasteiger partial charge in [-0.2, -0.15) is 0 Å². The first-order valence-corrected chi connectivity index (χ1v) is 12.6. The van der Waals surface area contributed by atoms with E-state index in [0.29, 0.717) is 47.3 Å². The van der Waals surface area contributed by atoms with E-state index in [9.17, 15) is 9.59 Å². The van der Waals surface area contributed by atoms with E-state index in [1.54, 1.807) is 34.7 Å². The van der Waals surface area contributed by atoms with Crippen molar-refractivity contribution in [3.8, 4) is 0 Å². The highest BCUT2D eigenvalue weighted by molar-refractivity contribution is 5.95. The number of nitrogens with two attached hydrogens (primary N) is 1. The summed E-state index contributed by atoms with van der Waals surface area (Å²) >= 11 is 0. The van der Waals surface area contributed by atoms with Crippen LogP contribution >= 0.6 is 0 Å². The molecule has 0 aliphatic heterocycles. The van der Waals surface area contributed by atoms with Crippen LogP contribution in [0.15, 0.2) is 42.6 Å². The van der Waals surface area contributed by atoms with Gasteiger partial charge in [-0.1, -0.05) is 12.1 Å². The summed E-state index contributed by atoms with van der Waals surface area (Å²) in [6, 6.07) is 10.8. The molecule has 4 aliphatic rings. The van der Waals surface area contributed by atoms with Crippen LogP contribution in [0.25, 0.3) is 5.65 Å². The molecule has 2 atom stereocenters. The molecule has 1 spiro atoms. The number of rotatable bonds is 6. The normalized spacial score (nSPS) is 26.7. The lowest BCUT2D eigenvalue weighted by molar-refractivity contribution is -0.0919. The van der Waals surface area contributed by atoms with Crippen molar-refractivity contribution in [1.82, 2.24) is 24.6 Å². The maximum absolute atomic E-state index is 13.1. The van der Waals surface area contributed by atoms with Crippen molar-refractivity contribution in [3.63, 3.8) is 0 Å². The second-order valence-corrected chi connectivity index (χ2v) is 11.1. The summed E-state index contributed by atoms with van der Waals surface area (Å²) in [5, 5.41) is 3.18. The van der Waals surface area contributed by atoms with Crippen molar-refractivity contribution in [3.05, 3.63) is 59.7 Å². The molecule has 3 aromatic heterocycles. The van der Waals surface area contributed by atoms with Gasteiger partial charge >= 0.3 is 0 Å². The fraction of sp³-hybridized carbons (Fsp3) is 0.481. The molecule has 2 unspecified atom stereocenters. The zero-order chi connectivity index (χ0) is 24.2. The monoisotopic (exact) mass is 472 g/mol. The molecule has 4 saturated carbocycles. The van der Waals surface area contributed by atoms with Crippen molar-refractivity contribution in [2.24, 2.45) is 23.2 Å². The van der Waals surface area contributed by atoms with Crippen LogP contribution in [0.4, 0.5) is 5.82 Å². The third-order valence-electron chi connectivity index (χ3n) is 8.29. The standard InChI is InChI=1S/C27H32N6O2/c1-32(15-20-4-2-6-23(28)30-20)26(35)21-16-33-22(5-3-7-24(33)31-21)25(34)29-14-19-9-17-8-18-11-27(10-17,12-18)13-19/h2-7,16-19H,8-15H2,1H3,(H2,28,30)(H,29,34). The van der Waals surface area contributed by atoms with Crippen LogP contribution in [-0.4, -0.2) is 44.7 Å². The summed E-state index contributed by atoms with van der Waals surface area (Å²) in [5.41, 5.74) is 8.39. The number of carbonyl (C=O) groups excluding carboxylic acids is 2. The van der Waals surface area contributed by atoms with Crippen LogP contribution in [0.3, 0.4) is 0 Å². The Kier molecular flexibility index (Phi) is 5.27. The van der Waals surface area contributed by atoms with E-state index in [0.717, 1.165) is 11.8 Å². The Bertz CT molecular complexity index is 1290. The minimum Gasteiger partial charge on any atom is -0.384 e. The molecule has 182 valence electrons. The van der Waals surface area contributed by atoms with Crippen LogP contribution in [0.2, 0.25) is 0 Å². The SMILES string of the molecule is CN(Cc1cccc(N)n1)C(=O)c1cn2c(C(=O)NCC3CC4CC5CC(C3)(C4)C5)cccc2n1. The van der Waals surface area contributed by atoms with Gasteiger partial charge in [0.2, 0.25) is 0 Å². The predicted molar refractivity (Wildman–Crippen MR) is 133 cm³/mol.